The number of non-ortho nitro benzene ring substituents is 2. The molecule has 0 aromatic heterocycles. The van der Waals surface area contributed by atoms with Crippen LogP contribution in [0.5, 0.6) is 11.5 Å². The Bertz CT molecular complexity index is 1090. The van der Waals surface area contributed by atoms with Gasteiger partial charge in [-0.05, 0) is 12.1 Å². The number of primary sulfonamides is 1. The number of hydrogen-bond acceptors (Lipinski definition) is 10. The quantitative estimate of drug-likeness (QED) is 0.358. The molecule has 0 saturated carbocycles. The van der Waals surface area contributed by atoms with Crippen LogP contribution in [0.4, 0.5) is 11.4 Å². The molecule has 0 aliphatic rings. The maximum absolute atomic E-state index is 11.0. The van der Waals surface area contributed by atoms with Crippen LogP contribution in [-0.2, 0) is 19.1 Å². The van der Waals surface area contributed by atoms with Gasteiger partial charge in [0.1, 0.15) is 21.3 Å². The molecule has 0 aliphatic heterocycles. The van der Waals surface area contributed by atoms with Crippen LogP contribution in [0.15, 0.2) is 46.2 Å². The summed E-state index contributed by atoms with van der Waals surface area (Å²) in [5.41, 5.74) is -0.532. The second kappa shape index (κ2) is 9.66. The molecule has 30 heavy (non-hydrogen) atoms. The van der Waals surface area contributed by atoms with Crippen LogP contribution in [0.1, 0.15) is 0 Å². The van der Waals surface area contributed by atoms with Crippen LogP contribution in [0.3, 0.4) is 0 Å². The highest BCUT2D eigenvalue weighted by atomic mass is 35.7. The number of benzene rings is 2. The number of halogens is 1. The van der Waals surface area contributed by atoms with Crippen LogP contribution < -0.4 is 14.6 Å². The van der Waals surface area contributed by atoms with Gasteiger partial charge in [0.25, 0.3) is 20.4 Å². The van der Waals surface area contributed by atoms with E-state index in [9.17, 15) is 37.1 Å². The van der Waals surface area contributed by atoms with Crippen molar-refractivity contribution in [2.24, 2.45) is 5.14 Å². The van der Waals surface area contributed by atoms with Gasteiger partial charge >= 0.3 is 0 Å². The number of sulfonamides is 1. The molecule has 0 bridgehead atoms. The van der Waals surface area contributed by atoms with Gasteiger partial charge in [-0.3, -0.25) is 20.2 Å². The zero-order chi connectivity index (χ0) is 23.3. The second-order valence-corrected chi connectivity index (χ2v) is 9.23. The molecule has 13 nitrogen and oxygen atoms in total. The summed E-state index contributed by atoms with van der Waals surface area (Å²) in [7, 11) is -0.401. The fourth-order valence-electron chi connectivity index (χ4n) is 1.98. The molecule has 0 unspecified atom stereocenters. The first kappa shape index (κ1) is 25.0. The van der Waals surface area contributed by atoms with Crippen LogP contribution in [0.25, 0.3) is 0 Å². The Kier molecular flexibility index (Phi) is 8.06. The summed E-state index contributed by atoms with van der Waals surface area (Å²) >= 11 is 0. The van der Waals surface area contributed by atoms with Gasteiger partial charge < -0.3 is 9.47 Å². The van der Waals surface area contributed by atoms with Crippen molar-refractivity contribution in [1.82, 2.24) is 0 Å². The molecule has 2 rings (SSSR count). The minimum Gasteiger partial charge on any atom is -0.495 e. The minimum atomic E-state index is -3.96. The topological polar surface area (TPSA) is 199 Å². The number of nitrogens with two attached hydrogens (primary N) is 1. The van der Waals surface area contributed by atoms with Gasteiger partial charge in [-0.15, -0.1) is 0 Å². The zero-order valence-corrected chi connectivity index (χ0v) is 17.6. The minimum absolute atomic E-state index is 0.147. The third-order valence-electron chi connectivity index (χ3n) is 3.29. The predicted molar refractivity (Wildman–Crippen MR) is 104 cm³/mol. The molecular weight excluding hydrogens is 470 g/mol. The molecule has 2 aromatic carbocycles. The van der Waals surface area contributed by atoms with E-state index in [1.807, 2.05) is 0 Å². The Hall–Kier alpha value is -3.01. The highest BCUT2D eigenvalue weighted by Crippen LogP contribution is 2.30. The average Bonchev–Trinajstić information content (AvgIpc) is 2.65. The van der Waals surface area contributed by atoms with Gasteiger partial charge in [-0.1, -0.05) is 0 Å². The van der Waals surface area contributed by atoms with E-state index in [4.69, 9.17) is 25.3 Å². The molecule has 0 atom stereocenters. The summed E-state index contributed by atoms with van der Waals surface area (Å²) < 4.78 is 53.5. The van der Waals surface area contributed by atoms with Crippen LogP contribution in [0.2, 0.25) is 0 Å². The fraction of sp³-hybridized carbons (Fsp3) is 0.143. The number of nitro groups is 2. The number of hydrogen-bond donors (Lipinski definition) is 1. The van der Waals surface area contributed by atoms with E-state index in [0.717, 1.165) is 36.4 Å². The summed E-state index contributed by atoms with van der Waals surface area (Å²) in [6.45, 7) is 0. The van der Waals surface area contributed by atoms with E-state index in [0.29, 0.717) is 0 Å². The highest BCUT2D eigenvalue weighted by molar-refractivity contribution is 8.13. The molecule has 0 spiro atoms. The molecule has 0 aliphatic carbocycles. The smallest absolute Gasteiger partial charge is 0.273 e. The first-order chi connectivity index (χ1) is 13.7. The summed E-state index contributed by atoms with van der Waals surface area (Å²) in [5.74, 6) is -0.300. The molecule has 0 fully saturated rings. The summed E-state index contributed by atoms with van der Waals surface area (Å²) in [4.78, 5) is 18.9. The monoisotopic (exact) mass is 483 g/mol. The number of nitrogens with zero attached hydrogens (tertiary/aromatic N) is 2. The van der Waals surface area contributed by atoms with Gasteiger partial charge in [-0.2, -0.15) is 0 Å². The number of ether oxygens (including phenoxy) is 2. The van der Waals surface area contributed by atoms with Gasteiger partial charge in [0, 0.05) is 22.8 Å². The second-order valence-electron chi connectivity index (χ2n) is 5.17. The lowest BCUT2D eigenvalue weighted by Gasteiger charge is -2.05. The number of rotatable bonds is 6. The van der Waals surface area contributed by atoms with Gasteiger partial charge in [0.05, 0.1) is 36.2 Å². The Balaban J connectivity index is 0.000000300. The molecule has 2 aromatic rings. The van der Waals surface area contributed by atoms with Crippen molar-refractivity contribution in [3.05, 3.63) is 56.6 Å². The Labute approximate surface area is 174 Å². The molecule has 2 N–H and O–H groups in total. The summed E-state index contributed by atoms with van der Waals surface area (Å²) in [6.07, 6.45) is 0. The number of methoxy groups -OCH3 is 2. The van der Waals surface area contributed by atoms with Crippen molar-refractivity contribution in [2.75, 3.05) is 14.2 Å². The Morgan fingerprint density at radius 3 is 1.50 bits per heavy atom. The van der Waals surface area contributed by atoms with E-state index >= 15 is 0 Å². The van der Waals surface area contributed by atoms with E-state index in [1.165, 1.54) is 14.2 Å². The normalized spacial score (nSPS) is 11.1. The van der Waals surface area contributed by atoms with Crippen LogP contribution in [-0.4, -0.2) is 40.9 Å². The molecule has 0 saturated heterocycles. The fourth-order valence-corrected chi connectivity index (χ4v) is 3.65. The maximum Gasteiger partial charge on any atom is 0.273 e. The Morgan fingerprint density at radius 2 is 1.20 bits per heavy atom. The van der Waals surface area contributed by atoms with Crippen molar-refractivity contribution in [2.45, 2.75) is 9.79 Å². The predicted octanol–water partition coefficient (Wildman–Crippen LogP) is 1.78. The standard InChI is InChI=1S/C7H6ClNO5S.C7H8N2O5S/c2*1-14-6-4-5(9(10)11)2-3-7(6)15(8,12)13/h2-4H,1H3;2-4H,1H3,(H2,8,12,13). The van der Waals surface area contributed by atoms with Crippen LogP contribution in [0, 0.1) is 20.2 Å². The maximum atomic E-state index is 11.0. The first-order valence-electron chi connectivity index (χ1n) is 7.34. The summed E-state index contributed by atoms with van der Waals surface area (Å²) in [5, 5.41) is 25.7. The third-order valence-corrected chi connectivity index (χ3v) is 5.60. The first-order valence-corrected chi connectivity index (χ1v) is 11.2. The van der Waals surface area contributed by atoms with E-state index < -0.39 is 28.9 Å². The molecule has 0 radical (unpaired) electrons. The average molecular weight is 484 g/mol. The van der Waals surface area contributed by atoms with Crippen molar-refractivity contribution < 1.29 is 36.2 Å². The SMILES string of the molecule is COc1cc([N+](=O)[O-])ccc1S(=O)(=O)Cl.COc1cc([N+](=O)[O-])ccc1S(N)(=O)=O. The van der Waals surface area contributed by atoms with E-state index in [1.54, 1.807) is 0 Å². The van der Waals surface area contributed by atoms with E-state index in [2.05, 4.69) is 0 Å². The molecule has 164 valence electrons. The van der Waals surface area contributed by atoms with Gasteiger partial charge in [0.15, 0.2) is 0 Å². The Morgan fingerprint density at radius 1 is 0.833 bits per heavy atom. The van der Waals surface area contributed by atoms with Gasteiger partial charge in [-0.25, -0.2) is 22.0 Å². The molecule has 0 amide bonds. The van der Waals surface area contributed by atoms with Crippen molar-refractivity contribution in [3.8, 4) is 11.5 Å². The van der Waals surface area contributed by atoms with Crippen molar-refractivity contribution >= 4 is 41.1 Å². The lowest BCUT2D eigenvalue weighted by atomic mass is 10.3. The zero-order valence-electron chi connectivity index (χ0n) is 15.2. The van der Waals surface area contributed by atoms with Crippen LogP contribution >= 0.6 is 10.7 Å². The lowest BCUT2D eigenvalue weighted by Crippen LogP contribution is -2.13. The number of nitro benzene ring substituents is 2. The molecule has 0 heterocycles. The van der Waals surface area contributed by atoms with E-state index in [-0.39, 0.29) is 32.7 Å². The summed E-state index contributed by atoms with van der Waals surface area (Å²) in [6, 6.07) is 6.14. The third kappa shape index (κ3) is 6.51. The van der Waals surface area contributed by atoms with Crippen molar-refractivity contribution in [3.63, 3.8) is 0 Å². The van der Waals surface area contributed by atoms with Crippen molar-refractivity contribution in [1.29, 1.82) is 0 Å². The molecule has 16 heteroatoms. The molecular formula is C14H14ClN3O10S2. The lowest BCUT2D eigenvalue weighted by molar-refractivity contribution is -0.385. The largest absolute Gasteiger partial charge is 0.495 e. The highest BCUT2D eigenvalue weighted by Gasteiger charge is 2.20. The van der Waals surface area contributed by atoms with Gasteiger partial charge in [0.2, 0.25) is 10.0 Å².